The van der Waals surface area contributed by atoms with Gasteiger partial charge in [0.1, 0.15) is 0 Å². The minimum absolute atomic E-state index is 0. The summed E-state index contributed by atoms with van der Waals surface area (Å²) in [5, 5.41) is 5.91. The Morgan fingerprint density at radius 3 is 2.79 bits per heavy atom. The molecule has 19 heavy (non-hydrogen) atoms. The van der Waals surface area contributed by atoms with Crippen LogP contribution in [0.4, 0.5) is 8.78 Å². The number of benzene rings is 1. The molecule has 0 radical (unpaired) electrons. The van der Waals surface area contributed by atoms with E-state index in [2.05, 4.69) is 10.6 Å². The third-order valence-electron chi connectivity index (χ3n) is 3.11. The lowest BCUT2D eigenvalue weighted by Gasteiger charge is -2.09. The number of nitrogens with one attached hydrogen (secondary N) is 2. The Hall–Kier alpha value is -1.20. The molecule has 1 aliphatic heterocycles. The van der Waals surface area contributed by atoms with Gasteiger partial charge in [-0.3, -0.25) is 4.79 Å². The highest BCUT2D eigenvalue weighted by atomic mass is 35.5. The fourth-order valence-electron chi connectivity index (χ4n) is 2.07. The molecule has 0 bridgehead atoms. The van der Waals surface area contributed by atoms with Crippen molar-refractivity contribution in [1.82, 2.24) is 10.6 Å². The second kappa shape index (κ2) is 7.40. The van der Waals surface area contributed by atoms with Crippen LogP contribution in [0.1, 0.15) is 18.4 Å². The number of hydrogen-bond donors (Lipinski definition) is 2. The van der Waals surface area contributed by atoms with Gasteiger partial charge in [0.25, 0.3) is 0 Å². The van der Waals surface area contributed by atoms with E-state index in [0.717, 1.165) is 31.6 Å². The molecule has 1 saturated heterocycles. The maximum absolute atomic E-state index is 12.9. The smallest absolute Gasteiger partial charge is 0.220 e. The summed E-state index contributed by atoms with van der Waals surface area (Å²) in [6.07, 6.45) is 1.50. The zero-order chi connectivity index (χ0) is 13.0. The topological polar surface area (TPSA) is 41.1 Å². The van der Waals surface area contributed by atoms with Crippen molar-refractivity contribution in [3.63, 3.8) is 0 Å². The third-order valence-corrected chi connectivity index (χ3v) is 3.11. The van der Waals surface area contributed by atoms with Crippen LogP contribution in [0.25, 0.3) is 0 Å². The largest absolute Gasteiger partial charge is 0.352 e. The quantitative estimate of drug-likeness (QED) is 0.890. The summed E-state index contributed by atoms with van der Waals surface area (Å²) < 4.78 is 25.6. The van der Waals surface area contributed by atoms with Crippen LogP contribution in [0.15, 0.2) is 18.2 Å². The standard InChI is InChI=1S/C13H16F2N2O.ClH/c14-11-2-1-9(5-12(11)15)8-17-13(18)6-10-3-4-16-7-10;/h1-2,5,10,16H,3-4,6-8H2,(H,17,18);1H. The van der Waals surface area contributed by atoms with E-state index < -0.39 is 11.6 Å². The van der Waals surface area contributed by atoms with Crippen LogP contribution in [-0.4, -0.2) is 19.0 Å². The van der Waals surface area contributed by atoms with Gasteiger partial charge in [-0.15, -0.1) is 12.4 Å². The molecule has 0 aromatic heterocycles. The summed E-state index contributed by atoms with van der Waals surface area (Å²) in [5.41, 5.74) is 0.562. The zero-order valence-electron chi connectivity index (χ0n) is 10.4. The third kappa shape index (κ3) is 4.76. The summed E-state index contributed by atoms with van der Waals surface area (Å²) in [6.45, 7) is 2.07. The van der Waals surface area contributed by atoms with Gasteiger partial charge in [-0.2, -0.15) is 0 Å². The van der Waals surface area contributed by atoms with Gasteiger partial charge in [-0.05, 0) is 43.1 Å². The lowest BCUT2D eigenvalue weighted by molar-refractivity contribution is -0.122. The first-order valence-corrected chi connectivity index (χ1v) is 6.06. The molecule has 1 amide bonds. The molecular formula is C13H17ClF2N2O. The van der Waals surface area contributed by atoms with Gasteiger partial charge in [0.15, 0.2) is 11.6 Å². The number of hydrogen-bond acceptors (Lipinski definition) is 2. The summed E-state index contributed by atoms with van der Waals surface area (Å²) in [6, 6.07) is 3.64. The van der Waals surface area contributed by atoms with E-state index in [1.807, 2.05) is 0 Å². The lowest BCUT2D eigenvalue weighted by Crippen LogP contribution is -2.25. The number of carbonyl (C=O) groups excluding carboxylic acids is 1. The van der Waals surface area contributed by atoms with Gasteiger partial charge in [0.05, 0.1) is 0 Å². The van der Waals surface area contributed by atoms with Gasteiger partial charge >= 0.3 is 0 Å². The van der Waals surface area contributed by atoms with Crippen molar-refractivity contribution in [3.05, 3.63) is 35.4 Å². The molecule has 1 atom stereocenters. The van der Waals surface area contributed by atoms with E-state index in [1.54, 1.807) is 0 Å². The van der Waals surface area contributed by atoms with Crippen LogP contribution in [-0.2, 0) is 11.3 Å². The lowest BCUT2D eigenvalue weighted by atomic mass is 10.0. The molecule has 0 spiro atoms. The fraction of sp³-hybridized carbons (Fsp3) is 0.462. The predicted molar refractivity (Wildman–Crippen MR) is 71.0 cm³/mol. The number of halogens is 3. The van der Waals surface area contributed by atoms with Gasteiger partial charge < -0.3 is 10.6 Å². The monoisotopic (exact) mass is 290 g/mol. The van der Waals surface area contributed by atoms with Crippen molar-refractivity contribution in [3.8, 4) is 0 Å². The molecule has 6 heteroatoms. The van der Waals surface area contributed by atoms with E-state index >= 15 is 0 Å². The predicted octanol–water partition coefficient (Wildman–Crippen LogP) is 2.00. The Morgan fingerprint density at radius 2 is 2.16 bits per heavy atom. The molecule has 1 aliphatic rings. The van der Waals surface area contributed by atoms with Crippen molar-refractivity contribution in [2.75, 3.05) is 13.1 Å². The van der Waals surface area contributed by atoms with Gasteiger partial charge in [-0.1, -0.05) is 6.07 Å². The van der Waals surface area contributed by atoms with Crippen molar-refractivity contribution < 1.29 is 13.6 Å². The second-order valence-electron chi connectivity index (χ2n) is 4.59. The maximum atomic E-state index is 12.9. The Balaban J connectivity index is 0.00000180. The Kier molecular flexibility index (Phi) is 6.18. The first kappa shape index (κ1) is 15.9. The number of rotatable bonds is 4. The first-order chi connectivity index (χ1) is 8.65. The highest BCUT2D eigenvalue weighted by Gasteiger charge is 2.17. The molecule has 0 saturated carbocycles. The highest BCUT2D eigenvalue weighted by molar-refractivity contribution is 5.85. The fourth-order valence-corrected chi connectivity index (χ4v) is 2.07. The van der Waals surface area contributed by atoms with Crippen LogP contribution in [0, 0.1) is 17.6 Å². The minimum atomic E-state index is -0.887. The Bertz CT molecular complexity index is 437. The van der Waals surface area contributed by atoms with E-state index in [0.29, 0.717) is 17.9 Å². The molecule has 1 unspecified atom stereocenters. The van der Waals surface area contributed by atoms with Gasteiger partial charge in [0, 0.05) is 13.0 Å². The zero-order valence-corrected chi connectivity index (χ0v) is 11.2. The molecule has 2 N–H and O–H groups in total. The molecule has 1 fully saturated rings. The number of carbonyl (C=O) groups is 1. The van der Waals surface area contributed by atoms with Crippen molar-refractivity contribution in [2.45, 2.75) is 19.4 Å². The van der Waals surface area contributed by atoms with Gasteiger partial charge in [0.2, 0.25) is 5.91 Å². The van der Waals surface area contributed by atoms with Crippen LogP contribution in [0.3, 0.4) is 0 Å². The summed E-state index contributed by atoms with van der Waals surface area (Å²) >= 11 is 0. The van der Waals surface area contributed by atoms with Crippen molar-refractivity contribution in [2.24, 2.45) is 5.92 Å². The van der Waals surface area contributed by atoms with Gasteiger partial charge in [-0.25, -0.2) is 8.78 Å². The normalized spacial score (nSPS) is 17.9. The van der Waals surface area contributed by atoms with E-state index in [9.17, 15) is 13.6 Å². The average molecular weight is 291 g/mol. The van der Waals surface area contributed by atoms with Crippen molar-refractivity contribution in [1.29, 1.82) is 0 Å². The molecule has 3 nitrogen and oxygen atoms in total. The van der Waals surface area contributed by atoms with E-state index in [1.165, 1.54) is 6.07 Å². The molecule has 0 aliphatic carbocycles. The number of amides is 1. The van der Waals surface area contributed by atoms with Crippen LogP contribution >= 0.6 is 12.4 Å². The van der Waals surface area contributed by atoms with Crippen LogP contribution < -0.4 is 10.6 Å². The maximum Gasteiger partial charge on any atom is 0.220 e. The summed E-state index contributed by atoms with van der Waals surface area (Å²) in [5.74, 6) is -1.42. The van der Waals surface area contributed by atoms with Crippen LogP contribution in [0.5, 0.6) is 0 Å². The Morgan fingerprint density at radius 1 is 1.37 bits per heavy atom. The van der Waals surface area contributed by atoms with E-state index in [-0.39, 0.29) is 24.9 Å². The van der Waals surface area contributed by atoms with Crippen LogP contribution in [0.2, 0.25) is 0 Å². The summed E-state index contributed by atoms with van der Waals surface area (Å²) in [4.78, 5) is 11.6. The van der Waals surface area contributed by atoms with Crippen molar-refractivity contribution >= 4 is 18.3 Å². The molecular weight excluding hydrogens is 274 g/mol. The first-order valence-electron chi connectivity index (χ1n) is 6.06. The summed E-state index contributed by atoms with van der Waals surface area (Å²) in [7, 11) is 0. The minimum Gasteiger partial charge on any atom is -0.352 e. The van der Waals surface area contributed by atoms with E-state index in [4.69, 9.17) is 0 Å². The highest BCUT2D eigenvalue weighted by Crippen LogP contribution is 2.12. The SMILES string of the molecule is Cl.O=C(CC1CCNC1)NCc1ccc(F)c(F)c1. The average Bonchev–Trinajstić information content (AvgIpc) is 2.83. The Labute approximate surface area is 117 Å². The second-order valence-corrected chi connectivity index (χ2v) is 4.59. The molecule has 1 heterocycles. The molecule has 1 aromatic carbocycles. The molecule has 106 valence electrons. The molecule has 1 aromatic rings. The molecule has 2 rings (SSSR count).